The van der Waals surface area contributed by atoms with E-state index < -0.39 is 13.0 Å². The molecule has 0 bridgehead atoms. The van der Waals surface area contributed by atoms with Crippen LogP contribution < -0.4 is 5.73 Å². The maximum atomic E-state index is 12.4. The molecule has 3 atom stereocenters. The minimum atomic E-state index is -2.58. The molecule has 1 aliphatic rings. The number of alkyl halides is 2. The van der Waals surface area contributed by atoms with Crippen molar-refractivity contribution < 1.29 is 18.7 Å². The van der Waals surface area contributed by atoms with Crippen molar-refractivity contribution in [2.75, 3.05) is 19.7 Å². The van der Waals surface area contributed by atoms with Gasteiger partial charge in [0.25, 0.3) is 6.43 Å². The Bertz CT molecular complexity index is 277. The van der Waals surface area contributed by atoms with Crippen LogP contribution in [-0.4, -0.2) is 48.1 Å². The Morgan fingerprint density at radius 2 is 2.17 bits per heavy atom. The average Bonchev–Trinajstić information content (AvgIpc) is 2.31. The zero-order valence-corrected chi connectivity index (χ0v) is 10.7. The number of amides is 1. The van der Waals surface area contributed by atoms with E-state index in [2.05, 4.69) is 0 Å². The number of hydrogen-bond acceptors (Lipinski definition) is 3. The third-order valence-electron chi connectivity index (χ3n) is 3.72. The van der Waals surface area contributed by atoms with Gasteiger partial charge in [-0.25, -0.2) is 8.78 Å². The summed E-state index contributed by atoms with van der Waals surface area (Å²) in [5.74, 6) is -0.587. The highest BCUT2D eigenvalue weighted by Gasteiger charge is 2.35. The fourth-order valence-electron chi connectivity index (χ4n) is 2.56. The van der Waals surface area contributed by atoms with E-state index in [9.17, 15) is 13.6 Å². The SMILES string of the molecule is CC1C(N)CCCC1C(=O)N(CCO)CC(F)F. The quantitative estimate of drug-likeness (QED) is 0.773. The van der Waals surface area contributed by atoms with E-state index in [0.29, 0.717) is 6.42 Å². The Labute approximate surface area is 106 Å². The van der Waals surface area contributed by atoms with Gasteiger partial charge in [0.05, 0.1) is 13.2 Å². The van der Waals surface area contributed by atoms with Crippen LogP contribution in [0.5, 0.6) is 0 Å². The summed E-state index contributed by atoms with van der Waals surface area (Å²) in [4.78, 5) is 13.3. The van der Waals surface area contributed by atoms with E-state index in [-0.39, 0.29) is 36.9 Å². The summed E-state index contributed by atoms with van der Waals surface area (Å²) in [6.07, 6.45) is -0.157. The molecule has 1 aliphatic carbocycles. The third-order valence-corrected chi connectivity index (χ3v) is 3.72. The number of rotatable bonds is 5. The van der Waals surface area contributed by atoms with Crippen LogP contribution in [0.25, 0.3) is 0 Å². The lowest BCUT2D eigenvalue weighted by Crippen LogP contribution is -2.47. The van der Waals surface area contributed by atoms with Crippen molar-refractivity contribution in [3.05, 3.63) is 0 Å². The van der Waals surface area contributed by atoms with Gasteiger partial charge in [0.2, 0.25) is 5.91 Å². The van der Waals surface area contributed by atoms with Gasteiger partial charge in [-0.05, 0) is 18.8 Å². The van der Waals surface area contributed by atoms with Gasteiger partial charge in [-0.1, -0.05) is 13.3 Å². The average molecular weight is 264 g/mol. The fraction of sp³-hybridized carbons (Fsp3) is 0.917. The molecule has 0 aromatic rings. The predicted octanol–water partition coefficient (Wildman–Crippen LogP) is 0.836. The molecule has 6 heteroatoms. The Morgan fingerprint density at radius 3 is 2.72 bits per heavy atom. The maximum Gasteiger partial charge on any atom is 0.255 e. The number of hydrogen-bond donors (Lipinski definition) is 2. The number of carbonyl (C=O) groups is 1. The molecule has 0 saturated heterocycles. The van der Waals surface area contributed by atoms with Crippen molar-refractivity contribution in [2.45, 2.75) is 38.7 Å². The van der Waals surface area contributed by atoms with Gasteiger partial charge in [-0.2, -0.15) is 0 Å². The van der Waals surface area contributed by atoms with Gasteiger partial charge < -0.3 is 15.7 Å². The Hall–Kier alpha value is -0.750. The second-order valence-corrected chi connectivity index (χ2v) is 4.96. The van der Waals surface area contributed by atoms with Crippen LogP contribution in [0.4, 0.5) is 8.78 Å². The standard InChI is InChI=1S/C12H22F2N2O2/c1-8-9(3-2-4-10(8)15)12(18)16(5-6-17)7-11(13)14/h8-11,17H,2-7,15H2,1H3. The molecular weight excluding hydrogens is 242 g/mol. The van der Waals surface area contributed by atoms with E-state index in [4.69, 9.17) is 10.8 Å². The number of nitrogens with zero attached hydrogens (tertiary/aromatic N) is 1. The molecule has 18 heavy (non-hydrogen) atoms. The van der Waals surface area contributed by atoms with E-state index in [0.717, 1.165) is 17.7 Å². The summed E-state index contributed by atoms with van der Waals surface area (Å²) >= 11 is 0. The minimum Gasteiger partial charge on any atom is -0.395 e. The van der Waals surface area contributed by atoms with E-state index in [1.807, 2.05) is 6.92 Å². The Morgan fingerprint density at radius 1 is 1.50 bits per heavy atom. The zero-order valence-electron chi connectivity index (χ0n) is 10.7. The molecule has 1 rings (SSSR count). The second-order valence-electron chi connectivity index (χ2n) is 4.96. The van der Waals surface area contributed by atoms with Crippen molar-refractivity contribution >= 4 is 5.91 Å². The van der Waals surface area contributed by atoms with Crippen molar-refractivity contribution in [1.29, 1.82) is 0 Å². The molecule has 0 aliphatic heterocycles. The van der Waals surface area contributed by atoms with Crippen LogP contribution in [0.3, 0.4) is 0 Å². The Kier molecular flexibility index (Phi) is 5.95. The first-order valence-corrected chi connectivity index (χ1v) is 6.40. The van der Waals surface area contributed by atoms with Gasteiger partial charge in [-0.15, -0.1) is 0 Å². The molecule has 4 nitrogen and oxygen atoms in total. The van der Waals surface area contributed by atoms with Crippen LogP contribution in [0.1, 0.15) is 26.2 Å². The largest absolute Gasteiger partial charge is 0.395 e. The van der Waals surface area contributed by atoms with Gasteiger partial charge in [-0.3, -0.25) is 4.79 Å². The normalized spacial score (nSPS) is 28.4. The summed E-state index contributed by atoms with van der Waals surface area (Å²) in [7, 11) is 0. The molecule has 1 fully saturated rings. The van der Waals surface area contributed by atoms with Crippen molar-refractivity contribution in [2.24, 2.45) is 17.6 Å². The zero-order chi connectivity index (χ0) is 13.7. The van der Waals surface area contributed by atoms with Crippen LogP contribution in [0.15, 0.2) is 0 Å². The second kappa shape index (κ2) is 6.99. The third kappa shape index (κ3) is 3.88. The lowest BCUT2D eigenvalue weighted by Gasteiger charge is -2.36. The maximum absolute atomic E-state index is 12.4. The van der Waals surface area contributed by atoms with Gasteiger partial charge in [0, 0.05) is 18.5 Å². The smallest absolute Gasteiger partial charge is 0.255 e. The van der Waals surface area contributed by atoms with Crippen LogP contribution in [-0.2, 0) is 4.79 Å². The van der Waals surface area contributed by atoms with Crippen LogP contribution in [0, 0.1) is 11.8 Å². The molecule has 0 spiro atoms. The van der Waals surface area contributed by atoms with Crippen molar-refractivity contribution in [3.63, 3.8) is 0 Å². The first-order chi connectivity index (χ1) is 8.47. The molecule has 106 valence electrons. The molecule has 0 radical (unpaired) electrons. The van der Waals surface area contributed by atoms with Gasteiger partial charge in [0.1, 0.15) is 0 Å². The molecule has 1 saturated carbocycles. The summed E-state index contributed by atoms with van der Waals surface area (Å²) in [6, 6.07) is -0.0461. The van der Waals surface area contributed by atoms with Crippen LogP contribution in [0.2, 0.25) is 0 Å². The predicted molar refractivity (Wildman–Crippen MR) is 64.2 cm³/mol. The fourth-order valence-corrected chi connectivity index (χ4v) is 2.56. The highest BCUT2D eigenvalue weighted by molar-refractivity contribution is 5.79. The number of halogens is 2. The monoisotopic (exact) mass is 264 g/mol. The summed E-state index contributed by atoms with van der Waals surface area (Å²) < 4.78 is 24.8. The van der Waals surface area contributed by atoms with Crippen molar-refractivity contribution in [1.82, 2.24) is 4.90 Å². The summed E-state index contributed by atoms with van der Waals surface area (Å²) in [5, 5.41) is 8.85. The number of carbonyl (C=O) groups excluding carboxylic acids is 1. The molecule has 3 N–H and O–H groups in total. The topological polar surface area (TPSA) is 66.6 Å². The minimum absolute atomic E-state index is 0.00474. The van der Waals surface area contributed by atoms with Gasteiger partial charge in [0.15, 0.2) is 0 Å². The summed E-state index contributed by atoms with van der Waals surface area (Å²) in [5.41, 5.74) is 5.91. The van der Waals surface area contributed by atoms with Crippen LogP contribution >= 0.6 is 0 Å². The van der Waals surface area contributed by atoms with Crippen molar-refractivity contribution in [3.8, 4) is 0 Å². The first-order valence-electron chi connectivity index (χ1n) is 6.40. The molecule has 0 aromatic carbocycles. The molecule has 0 heterocycles. The van der Waals surface area contributed by atoms with E-state index in [1.54, 1.807) is 0 Å². The number of aliphatic hydroxyl groups excluding tert-OH is 1. The van der Waals surface area contributed by atoms with Gasteiger partial charge >= 0.3 is 0 Å². The first kappa shape index (κ1) is 15.3. The molecule has 1 amide bonds. The molecule has 0 aromatic heterocycles. The van der Waals surface area contributed by atoms with E-state index in [1.165, 1.54) is 0 Å². The molecular formula is C12H22F2N2O2. The lowest BCUT2D eigenvalue weighted by atomic mass is 9.76. The summed E-state index contributed by atoms with van der Waals surface area (Å²) in [6.45, 7) is 0.941. The number of aliphatic hydroxyl groups is 1. The lowest BCUT2D eigenvalue weighted by molar-refractivity contribution is -0.141. The highest BCUT2D eigenvalue weighted by Crippen LogP contribution is 2.30. The van der Waals surface area contributed by atoms with E-state index >= 15 is 0 Å². The number of nitrogens with two attached hydrogens (primary N) is 1. The molecule has 3 unspecified atom stereocenters. The Balaban J connectivity index is 2.68. The highest BCUT2D eigenvalue weighted by atomic mass is 19.3.